The van der Waals surface area contributed by atoms with Gasteiger partial charge < -0.3 is 4.57 Å². The molecule has 1 atom stereocenters. The molecule has 0 bridgehead atoms. The number of fused-ring (bicyclic) bond motifs is 2. The summed E-state index contributed by atoms with van der Waals surface area (Å²) in [5, 5.41) is 3.29. The lowest BCUT2D eigenvalue weighted by Crippen LogP contribution is -2.04. The van der Waals surface area contributed by atoms with Crippen LogP contribution in [0.4, 0.5) is 0 Å². The van der Waals surface area contributed by atoms with Crippen molar-refractivity contribution < 1.29 is 4.79 Å². The van der Waals surface area contributed by atoms with Crippen molar-refractivity contribution in [1.29, 1.82) is 0 Å². The van der Waals surface area contributed by atoms with Gasteiger partial charge in [0.15, 0.2) is 5.78 Å². The Labute approximate surface area is 154 Å². The topological polar surface area (TPSA) is 22.0 Å². The Hall–Kier alpha value is -2.87. The molecular weight excluding hydrogens is 318 g/mol. The van der Waals surface area contributed by atoms with Crippen molar-refractivity contribution in [3.05, 3.63) is 84.1 Å². The first-order chi connectivity index (χ1) is 12.7. The van der Waals surface area contributed by atoms with Gasteiger partial charge in [0.2, 0.25) is 0 Å². The third-order valence-electron chi connectivity index (χ3n) is 5.18. The number of benzene rings is 3. The minimum Gasteiger partial charge on any atom is -0.344 e. The fourth-order valence-corrected chi connectivity index (χ4v) is 3.79. The van der Waals surface area contributed by atoms with Crippen LogP contribution in [0.2, 0.25) is 0 Å². The Morgan fingerprint density at radius 1 is 0.962 bits per heavy atom. The van der Waals surface area contributed by atoms with Gasteiger partial charge in [0.25, 0.3) is 0 Å². The predicted octanol–water partition coefficient (Wildman–Crippen LogP) is 6.39. The predicted molar refractivity (Wildman–Crippen MR) is 109 cm³/mol. The number of carbonyl (C=O) groups is 1. The number of para-hydroxylation sites is 1. The quantitative estimate of drug-likeness (QED) is 0.386. The second kappa shape index (κ2) is 6.80. The van der Waals surface area contributed by atoms with Gasteiger partial charge >= 0.3 is 0 Å². The molecule has 0 N–H and O–H groups in total. The van der Waals surface area contributed by atoms with Crippen LogP contribution in [0.15, 0.2) is 72.9 Å². The molecule has 0 aliphatic heterocycles. The molecule has 0 spiro atoms. The number of rotatable bonds is 5. The normalized spacial score (nSPS) is 12.5. The van der Waals surface area contributed by atoms with Crippen LogP contribution < -0.4 is 0 Å². The van der Waals surface area contributed by atoms with Gasteiger partial charge in [-0.3, -0.25) is 4.79 Å². The highest BCUT2D eigenvalue weighted by Crippen LogP contribution is 2.29. The Bertz CT molecular complexity index is 1090. The first-order valence-electron chi connectivity index (χ1n) is 9.32. The number of ketones is 1. The molecule has 2 heteroatoms. The molecule has 0 saturated carbocycles. The summed E-state index contributed by atoms with van der Waals surface area (Å²) in [6.45, 7) is 4.42. The third kappa shape index (κ3) is 2.82. The van der Waals surface area contributed by atoms with Gasteiger partial charge in [-0.05, 0) is 36.2 Å². The first kappa shape index (κ1) is 16.6. The zero-order valence-corrected chi connectivity index (χ0v) is 15.3. The molecular formula is C24H23NO. The molecule has 1 heterocycles. The van der Waals surface area contributed by atoms with Crippen LogP contribution in [0.3, 0.4) is 0 Å². The van der Waals surface area contributed by atoms with Gasteiger partial charge in [-0.2, -0.15) is 0 Å². The molecule has 4 rings (SSSR count). The highest BCUT2D eigenvalue weighted by atomic mass is 16.1. The van der Waals surface area contributed by atoms with Crippen molar-refractivity contribution in [1.82, 2.24) is 4.57 Å². The number of nitrogens with zero attached hydrogens (tertiary/aromatic N) is 1. The number of carbonyl (C=O) groups excluding carboxylic acids is 1. The maximum absolute atomic E-state index is 13.3. The fraction of sp³-hybridized carbons (Fsp3) is 0.208. The van der Waals surface area contributed by atoms with Gasteiger partial charge in [-0.1, -0.05) is 67.9 Å². The summed E-state index contributed by atoms with van der Waals surface area (Å²) in [5.74, 6) is 0.0920. The lowest BCUT2D eigenvalue weighted by molar-refractivity contribution is 0.104. The Morgan fingerprint density at radius 3 is 2.50 bits per heavy atom. The molecule has 0 amide bonds. The van der Waals surface area contributed by atoms with Gasteiger partial charge in [0.05, 0.1) is 0 Å². The molecule has 1 aromatic heterocycles. The maximum atomic E-state index is 13.3. The van der Waals surface area contributed by atoms with Crippen LogP contribution in [-0.4, -0.2) is 10.4 Å². The van der Waals surface area contributed by atoms with E-state index in [-0.39, 0.29) is 5.78 Å². The maximum Gasteiger partial charge on any atom is 0.195 e. The van der Waals surface area contributed by atoms with Crippen molar-refractivity contribution >= 4 is 27.5 Å². The van der Waals surface area contributed by atoms with E-state index in [4.69, 9.17) is 0 Å². The minimum absolute atomic E-state index is 0.0920. The van der Waals surface area contributed by atoms with E-state index in [0.29, 0.717) is 6.04 Å². The zero-order chi connectivity index (χ0) is 18.1. The highest BCUT2D eigenvalue weighted by molar-refractivity contribution is 6.17. The van der Waals surface area contributed by atoms with E-state index < -0.39 is 0 Å². The lowest BCUT2D eigenvalue weighted by Gasteiger charge is -2.13. The van der Waals surface area contributed by atoms with Crippen molar-refractivity contribution in [2.75, 3.05) is 0 Å². The van der Waals surface area contributed by atoms with Crippen LogP contribution in [0, 0.1) is 0 Å². The van der Waals surface area contributed by atoms with E-state index in [1.807, 2.05) is 48.7 Å². The van der Waals surface area contributed by atoms with E-state index >= 15 is 0 Å². The van der Waals surface area contributed by atoms with E-state index in [2.05, 4.69) is 42.7 Å². The monoisotopic (exact) mass is 341 g/mol. The summed E-state index contributed by atoms with van der Waals surface area (Å²) in [7, 11) is 0. The Balaban J connectivity index is 1.83. The largest absolute Gasteiger partial charge is 0.344 e. The SMILES string of the molecule is CCC[C@@H](C)n1cc(C(=O)c2ccc3ccccc3c2)c2ccccc21. The summed E-state index contributed by atoms with van der Waals surface area (Å²) in [4.78, 5) is 13.3. The smallest absolute Gasteiger partial charge is 0.195 e. The molecule has 130 valence electrons. The molecule has 3 aromatic carbocycles. The van der Waals surface area contributed by atoms with Crippen molar-refractivity contribution in [2.45, 2.75) is 32.7 Å². The summed E-state index contributed by atoms with van der Waals surface area (Å²) in [6, 6.07) is 22.7. The van der Waals surface area contributed by atoms with Crippen molar-refractivity contribution in [3.63, 3.8) is 0 Å². The van der Waals surface area contributed by atoms with Crippen molar-refractivity contribution in [2.24, 2.45) is 0 Å². The van der Waals surface area contributed by atoms with E-state index in [1.54, 1.807) is 0 Å². The fourth-order valence-electron chi connectivity index (χ4n) is 3.79. The summed E-state index contributed by atoms with van der Waals surface area (Å²) in [6.07, 6.45) is 4.27. The van der Waals surface area contributed by atoms with E-state index in [0.717, 1.165) is 45.6 Å². The molecule has 2 nitrogen and oxygen atoms in total. The zero-order valence-electron chi connectivity index (χ0n) is 15.3. The lowest BCUT2D eigenvalue weighted by atomic mass is 10.00. The second-order valence-corrected chi connectivity index (χ2v) is 7.00. The van der Waals surface area contributed by atoms with Gasteiger partial charge in [-0.25, -0.2) is 0 Å². The molecule has 4 aromatic rings. The van der Waals surface area contributed by atoms with Crippen LogP contribution in [0.25, 0.3) is 21.7 Å². The molecule has 0 aliphatic rings. The average molecular weight is 341 g/mol. The summed E-state index contributed by atoms with van der Waals surface area (Å²) < 4.78 is 2.26. The van der Waals surface area contributed by atoms with E-state index in [9.17, 15) is 4.79 Å². The third-order valence-corrected chi connectivity index (χ3v) is 5.18. The average Bonchev–Trinajstić information content (AvgIpc) is 3.07. The molecule has 0 fully saturated rings. The Morgan fingerprint density at radius 2 is 1.69 bits per heavy atom. The number of hydrogen-bond acceptors (Lipinski definition) is 1. The van der Waals surface area contributed by atoms with Crippen LogP contribution in [0.5, 0.6) is 0 Å². The molecule has 26 heavy (non-hydrogen) atoms. The molecule has 0 unspecified atom stereocenters. The minimum atomic E-state index is 0.0920. The molecule has 0 aliphatic carbocycles. The molecule has 0 saturated heterocycles. The van der Waals surface area contributed by atoms with E-state index in [1.165, 1.54) is 0 Å². The van der Waals surface area contributed by atoms with Gasteiger partial charge in [-0.15, -0.1) is 0 Å². The van der Waals surface area contributed by atoms with Gasteiger partial charge in [0.1, 0.15) is 0 Å². The van der Waals surface area contributed by atoms with Gasteiger partial charge in [0, 0.05) is 34.3 Å². The highest BCUT2D eigenvalue weighted by Gasteiger charge is 2.18. The van der Waals surface area contributed by atoms with Crippen LogP contribution in [-0.2, 0) is 0 Å². The summed E-state index contributed by atoms with van der Waals surface area (Å²) in [5.41, 5.74) is 2.67. The standard InChI is InChI=1S/C24H23NO/c1-3-8-17(2)25-16-22(21-11-6-7-12-23(21)25)24(26)20-14-13-18-9-4-5-10-19(18)15-20/h4-7,9-17H,3,8H2,1-2H3/t17-/m1/s1. The number of aromatic nitrogens is 1. The van der Waals surface area contributed by atoms with Crippen molar-refractivity contribution in [3.8, 4) is 0 Å². The summed E-state index contributed by atoms with van der Waals surface area (Å²) >= 11 is 0. The Kier molecular flexibility index (Phi) is 4.34. The van der Waals surface area contributed by atoms with Crippen LogP contribution >= 0.6 is 0 Å². The first-order valence-corrected chi connectivity index (χ1v) is 9.32. The van der Waals surface area contributed by atoms with Crippen LogP contribution in [0.1, 0.15) is 48.7 Å². The molecule has 0 radical (unpaired) electrons. The number of hydrogen-bond donors (Lipinski definition) is 0. The second-order valence-electron chi connectivity index (χ2n) is 7.00.